The topological polar surface area (TPSA) is 50.7 Å². The third-order valence-corrected chi connectivity index (χ3v) is 3.10. The van der Waals surface area contributed by atoms with Gasteiger partial charge in [0.2, 0.25) is 0 Å². The molecule has 1 aromatic carbocycles. The Kier molecular flexibility index (Phi) is 8.27. The molecule has 1 rings (SSSR count). The van der Waals surface area contributed by atoms with E-state index in [4.69, 9.17) is 9.47 Å². The number of aliphatic hydroxyl groups excluding tert-OH is 1. The zero-order chi connectivity index (χ0) is 15.7. The predicted molar refractivity (Wildman–Crippen MR) is 81.1 cm³/mol. The molecule has 0 aliphatic rings. The monoisotopic (exact) mass is 299 g/mol. The third kappa shape index (κ3) is 6.89. The van der Waals surface area contributed by atoms with Crippen LogP contribution in [0.4, 0.5) is 4.39 Å². The summed E-state index contributed by atoms with van der Waals surface area (Å²) in [6.45, 7) is 6.28. The molecule has 0 amide bonds. The van der Waals surface area contributed by atoms with Crippen LogP contribution in [0.15, 0.2) is 18.2 Å². The lowest BCUT2D eigenvalue weighted by molar-refractivity contribution is 0.0769. The number of rotatable bonds is 10. The summed E-state index contributed by atoms with van der Waals surface area (Å²) in [6.07, 6.45) is 1.06. The molecular formula is C16H26FNO3. The average molecular weight is 299 g/mol. The summed E-state index contributed by atoms with van der Waals surface area (Å²) >= 11 is 0. The second-order valence-electron chi connectivity index (χ2n) is 5.22. The van der Waals surface area contributed by atoms with Crippen LogP contribution in [0.1, 0.15) is 38.4 Å². The minimum absolute atomic E-state index is 0.189. The third-order valence-electron chi connectivity index (χ3n) is 3.10. The van der Waals surface area contributed by atoms with Crippen molar-refractivity contribution in [3.63, 3.8) is 0 Å². The molecule has 1 aromatic rings. The molecule has 0 aliphatic heterocycles. The molecule has 0 aliphatic carbocycles. The Labute approximate surface area is 126 Å². The van der Waals surface area contributed by atoms with Crippen LogP contribution >= 0.6 is 0 Å². The Morgan fingerprint density at radius 2 is 2.05 bits per heavy atom. The zero-order valence-corrected chi connectivity index (χ0v) is 13.1. The summed E-state index contributed by atoms with van der Waals surface area (Å²) in [5.74, 6) is -0.262. The maximum Gasteiger partial charge on any atom is 0.165 e. The first-order chi connectivity index (χ1) is 10.0. The molecule has 1 atom stereocenters. The first-order valence-corrected chi connectivity index (χ1v) is 7.38. The van der Waals surface area contributed by atoms with Gasteiger partial charge in [0.05, 0.1) is 19.3 Å². The summed E-state index contributed by atoms with van der Waals surface area (Å²) in [4.78, 5) is 0. The van der Waals surface area contributed by atoms with E-state index in [1.807, 2.05) is 13.8 Å². The highest BCUT2D eigenvalue weighted by Crippen LogP contribution is 2.23. The highest BCUT2D eigenvalue weighted by molar-refractivity contribution is 5.30. The van der Waals surface area contributed by atoms with E-state index in [1.165, 1.54) is 19.2 Å². The smallest absolute Gasteiger partial charge is 0.165 e. The minimum atomic E-state index is -0.676. The van der Waals surface area contributed by atoms with Crippen molar-refractivity contribution in [2.75, 3.05) is 26.8 Å². The molecule has 0 saturated carbocycles. The van der Waals surface area contributed by atoms with E-state index >= 15 is 0 Å². The number of hydrogen-bond donors (Lipinski definition) is 2. The lowest BCUT2D eigenvalue weighted by Gasteiger charge is -2.13. The van der Waals surface area contributed by atoms with E-state index in [1.54, 1.807) is 6.07 Å². The standard InChI is InChI=1S/C16H26FNO3/c1-12(2)21-10-4-8-18-9-7-15(19)13-5-6-16(20-3)14(17)11-13/h5-6,11-12,15,18-19H,4,7-10H2,1-3H3. The number of aliphatic hydroxyl groups is 1. The normalized spacial score (nSPS) is 12.7. The number of benzene rings is 1. The first kappa shape index (κ1) is 17.9. The molecule has 4 nitrogen and oxygen atoms in total. The molecular weight excluding hydrogens is 273 g/mol. The Morgan fingerprint density at radius 3 is 2.67 bits per heavy atom. The molecule has 0 heterocycles. The van der Waals surface area contributed by atoms with Crippen LogP contribution in [-0.4, -0.2) is 38.0 Å². The SMILES string of the molecule is COc1ccc(C(O)CCNCCCOC(C)C)cc1F. The number of halogens is 1. The lowest BCUT2D eigenvalue weighted by atomic mass is 10.1. The van der Waals surface area contributed by atoms with Crippen molar-refractivity contribution in [1.29, 1.82) is 0 Å². The fourth-order valence-corrected chi connectivity index (χ4v) is 1.94. The molecule has 0 aromatic heterocycles. The van der Waals surface area contributed by atoms with Gasteiger partial charge in [-0.1, -0.05) is 6.07 Å². The second-order valence-corrected chi connectivity index (χ2v) is 5.22. The Bertz CT molecular complexity index is 413. The zero-order valence-electron chi connectivity index (χ0n) is 13.1. The van der Waals surface area contributed by atoms with Crippen molar-refractivity contribution in [2.24, 2.45) is 0 Å². The van der Waals surface area contributed by atoms with Gasteiger partial charge in [-0.05, 0) is 57.5 Å². The highest BCUT2D eigenvalue weighted by atomic mass is 19.1. The summed E-state index contributed by atoms with van der Waals surface area (Å²) in [7, 11) is 1.42. The number of methoxy groups -OCH3 is 1. The maximum atomic E-state index is 13.5. The largest absolute Gasteiger partial charge is 0.494 e. The first-order valence-electron chi connectivity index (χ1n) is 7.38. The lowest BCUT2D eigenvalue weighted by Crippen LogP contribution is -2.20. The Balaban J connectivity index is 2.21. The van der Waals surface area contributed by atoms with Gasteiger partial charge < -0.3 is 19.9 Å². The molecule has 0 bridgehead atoms. The van der Waals surface area contributed by atoms with Gasteiger partial charge in [0, 0.05) is 6.61 Å². The van der Waals surface area contributed by atoms with Crippen LogP contribution < -0.4 is 10.1 Å². The predicted octanol–water partition coefficient (Wildman–Crippen LogP) is 2.66. The fraction of sp³-hybridized carbons (Fsp3) is 0.625. The van der Waals surface area contributed by atoms with E-state index in [0.717, 1.165) is 19.6 Å². The molecule has 120 valence electrons. The van der Waals surface area contributed by atoms with Gasteiger partial charge in [-0.15, -0.1) is 0 Å². The van der Waals surface area contributed by atoms with Crippen LogP contribution in [0.2, 0.25) is 0 Å². The summed E-state index contributed by atoms with van der Waals surface area (Å²) < 4.78 is 23.8. The van der Waals surface area contributed by atoms with Gasteiger partial charge in [0.15, 0.2) is 11.6 Å². The quantitative estimate of drug-likeness (QED) is 0.652. The number of hydrogen-bond acceptors (Lipinski definition) is 4. The van der Waals surface area contributed by atoms with Crippen LogP contribution in [0.25, 0.3) is 0 Å². The van der Waals surface area contributed by atoms with Gasteiger partial charge in [0.25, 0.3) is 0 Å². The summed E-state index contributed by atoms with van der Waals surface area (Å²) in [5, 5.41) is 13.3. The van der Waals surface area contributed by atoms with E-state index in [0.29, 0.717) is 18.5 Å². The van der Waals surface area contributed by atoms with Gasteiger partial charge in [-0.25, -0.2) is 4.39 Å². The van der Waals surface area contributed by atoms with E-state index in [-0.39, 0.29) is 11.9 Å². The average Bonchev–Trinajstić information content (AvgIpc) is 2.45. The van der Waals surface area contributed by atoms with Crippen LogP contribution in [0, 0.1) is 5.82 Å². The van der Waals surface area contributed by atoms with Crippen LogP contribution in [0.5, 0.6) is 5.75 Å². The molecule has 2 N–H and O–H groups in total. The van der Waals surface area contributed by atoms with Crippen molar-refractivity contribution < 1.29 is 19.0 Å². The van der Waals surface area contributed by atoms with Crippen LogP contribution in [-0.2, 0) is 4.74 Å². The van der Waals surface area contributed by atoms with Crippen molar-refractivity contribution >= 4 is 0 Å². The molecule has 0 fully saturated rings. The maximum absolute atomic E-state index is 13.5. The molecule has 0 radical (unpaired) electrons. The van der Waals surface area contributed by atoms with Crippen molar-refractivity contribution in [3.8, 4) is 5.75 Å². The van der Waals surface area contributed by atoms with Crippen molar-refractivity contribution in [3.05, 3.63) is 29.6 Å². The molecule has 5 heteroatoms. The van der Waals surface area contributed by atoms with Gasteiger partial charge in [-0.2, -0.15) is 0 Å². The van der Waals surface area contributed by atoms with E-state index in [2.05, 4.69) is 5.32 Å². The summed E-state index contributed by atoms with van der Waals surface area (Å²) in [5.41, 5.74) is 0.568. The van der Waals surface area contributed by atoms with Gasteiger partial charge in [-0.3, -0.25) is 0 Å². The van der Waals surface area contributed by atoms with Gasteiger partial charge >= 0.3 is 0 Å². The van der Waals surface area contributed by atoms with Crippen LogP contribution in [0.3, 0.4) is 0 Å². The van der Waals surface area contributed by atoms with E-state index < -0.39 is 11.9 Å². The Morgan fingerprint density at radius 1 is 1.29 bits per heavy atom. The highest BCUT2D eigenvalue weighted by Gasteiger charge is 2.10. The summed E-state index contributed by atoms with van der Waals surface area (Å²) in [6, 6.07) is 4.54. The second kappa shape index (κ2) is 9.71. The molecule has 1 unspecified atom stereocenters. The molecule has 21 heavy (non-hydrogen) atoms. The number of nitrogens with one attached hydrogen (secondary N) is 1. The number of ether oxygens (including phenoxy) is 2. The molecule has 0 saturated heterocycles. The fourth-order valence-electron chi connectivity index (χ4n) is 1.94. The molecule has 0 spiro atoms. The van der Waals surface area contributed by atoms with E-state index in [9.17, 15) is 9.50 Å². The van der Waals surface area contributed by atoms with Crippen molar-refractivity contribution in [1.82, 2.24) is 5.32 Å². The van der Waals surface area contributed by atoms with Crippen molar-refractivity contribution in [2.45, 2.75) is 38.9 Å². The Hall–Kier alpha value is -1.17. The van der Waals surface area contributed by atoms with Gasteiger partial charge in [0.1, 0.15) is 0 Å². The minimum Gasteiger partial charge on any atom is -0.494 e.